The molecule has 0 fully saturated rings. The summed E-state index contributed by atoms with van der Waals surface area (Å²) < 4.78 is 18.3. The van der Waals surface area contributed by atoms with Crippen LogP contribution in [0.2, 0.25) is 0 Å². The van der Waals surface area contributed by atoms with Gasteiger partial charge in [-0.1, -0.05) is 18.2 Å². The number of benzene rings is 2. The molecule has 0 atom stereocenters. The van der Waals surface area contributed by atoms with Crippen molar-refractivity contribution < 1.29 is 19.0 Å². The molecular formula is C15H13FO3S. The Hall–Kier alpha value is -2.01. The number of ether oxygens (including phenoxy) is 1. The van der Waals surface area contributed by atoms with Gasteiger partial charge < -0.3 is 9.84 Å². The molecule has 5 heteroatoms. The van der Waals surface area contributed by atoms with Gasteiger partial charge in [-0.3, -0.25) is 0 Å². The Kier molecular flexibility index (Phi) is 4.63. The summed E-state index contributed by atoms with van der Waals surface area (Å²) in [5.41, 5.74) is 0.571. The first kappa shape index (κ1) is 14.4. The summed E-state index contributed by atoms with van der Waals surface area (Å²) in [6.07, 6.45) is 0. The zero-order valence-corrected chi connectivity index (χ0v) is 11.6. The summed E-state index contributed by atoms with van der Waals surface area (Å²) in [6, 6.07) is 11.3. The third-order valence-electron chi connectivity index (χ3n) is 2.75. The van der Waals surface area contributed by atoms with Gasteiger partial charge in [-0.25, -0.2) is 9.18 Å². The topological polar surface area (TPSA) is 46.5 Å². The lowest BCUT2D eigenvalue weighted by atomic mass is 10.1. The molecule has 0 aromatic heterocycles. The molecular weight excluding hydrogens is 279 g/mol. The fourth-order valence-corrected chi connectivity index (χ4v) is 2.80. The lowest BCUT2D eigenvalue weighted by molar-refractivity contribution is 0.0695. The number of para-hydroxylation sites is 1. The number of methoxy groups -OCH3 is 1. The van der Waals surface area contributed by atoms with E-state index in [0.29, 0.717) is 11.3 Å². The highest BCUT2D eigenvalue weighted by atomic mass is 32.2. The van der Waals surface area contributed by atoms with Crippen molar-refractivity contribution in [2.24, 2.45) is 0 Å². The highest BCUT2D eigenvalue weighted by Gasteiger charge is 2.12. The largest absolute Gasteiger partial charge is 0.496 e. The molecule has 0 radical (unpaired) electrons. The number of carboxylic acid groups (broad SMARTS) is 1. The normalized spacial score (nSPS) is 10.3. The van der Waals surface area contributed by atoms with Gasteiger partial charge in [0.1, 0.15) is 11.6 Å². The summed E-state index contributed by atoms with van der Waals surface area (Å²) in [6.45, 7) is 0. The maximum atomic E-state index is 13.1. The van der Waals surface area contributed by atoms with E-state index in [1.54, 1.807) is 7.11 Å². The number of carbonyl (C=O) groups is 1. The average Bonchev–Trinajstić information content (AvgIpc) is 2.46. The molecule has 0 saturated heterocycles. The second-order valence-corrected chi connectivity index (χ2v) is 5.06. The summed E-state index contributed by atoms with van der Waals surface area (Å²) in [5.74, 6) is -0.507. The lowest BCUT2D eigenvalue weighted by Gasteiger charge is -2.09. The van der Waals surface area contributed by atoms with Gasteiger partial charge in [0.25, 0.3) is 0 Å². The minimum atomic E-state index is -1.12. The zero-order chi connectivity index (χ0) is 14.5. The van der Waals surface area contributed by atoms with Gasteiger partial charge in [-0.2, -0.15) is 0 Å². The van der Waals surface area contributed by atoms with Gasteiger partial charge in [-0.15, -0.1) is 11.8 Å². The van der Waals surface area contributed by atoms with E-state index in [9.17, 15) is 9.18 Å². The number of halogens is 1. The van der Waals surface area contributed by atoms with E-state index in [1.807, 2.05) is 24.3 Å². The van der Waals surface area contributed by atoms with Crippen LogP contribution in [-0.4, -0.2) is 18.2 Å². The number of thioether (sulfide) groups is 1. The average molecular weight is 292 g/mol. The number of hydrogen-bond donors (Lipinski definition) is 1. The van der Waals surface area contributed by atoms with Crippen LogP contribution in [0.4, 0.5) is 4.39 Å². The predicted molar refractivity (Wildman–Crippen MR) is 75.9 cm³/mol. The van der Waals surface area contributed by atoms with Gasteiger partial charge in [-0.05, 0) is 29.8 Å². The molecule has 0 bridgehead atoms. The second kappa shape index (κ2) is 6.43. The monoisotopic (exact) mass is 292 g/mol. The molecule has 3 nitrogen and oxygen atoms in total. The molecule has 0 heterocycles. The number of carboxylic acids is 1. The molecule has 2 aromatic carbocycles. The van der Waals surface area contributed by atoms with Crippen molar-refractivity contribution >= 4 is 17.7 Å². The van der Waals surface area contributed by atoms with Crippen molar-refractivity contribution in [3.8, 4) is 5.75 Å². The van der Waals surface area contributed by atoms with Crippen LogP contribution in [-0.2, 0) is 5.75 Å². The minimum Gasteiger partial charge on any atom is -0.496 e. The zero-order valence-electron chi connectivity index (χ0n) is 10.8. The van der Waals surface area contributed by atoms with Gasteiger partial charge in [0, 0.05) is 10.6 Å². The van der Waals surface area contributed by atoms with Gasteiger partial charge in [0.2, 0.25) is 0 Å². The maximum absolute atomic E-state index is 13.1. The summed E-state index contributed by atoms with van der Waals surface area (Å²) in [4.78, 5) is 12.0. The third kappa shape index (κ3) is 3.30. The number of rotatable bonds is 5. The van der Waals surface area contributed by atoms with Crippen molar-refractivity contribution in [1.82, 2.24) is 0 Å². The SMILES string of the molecule is COc1ccccc1SCc1ccc(F)cc1C(=O)O. The van der Waals surface area contributed by atoms with Crippen LogP contribution in [0, 0.1) is 5.82 Å². The van der Waals surface area contributed by atoms with Crippen LogP contribution in [0.3, 0.4) is 0 Å². The Labute approximate surface area is 120 Å². The smallest absolute Gasteiger partial charge is 0.336 e. The van der Waals surface area contributed by atoms with E-state index in [1.165, 1.54) is 23.9 Å². The fraction of sp³-hybridized carbons (Fsp3) is 0.133. The molecule has 2 rings (SSSR count). The summed E-state index contributed by atoms with van der Waals surface area (Å²) in [5, 5.41) is 9.09. The first-order valence-electron chi connectivity index (χ1n) is 5.89. The Morgan fingerprint density at radius 3 is 2.75 bits per heavy atom. The quantitative estimate of drug-likeness (QED) is 0.851. The molecule has 0 aliphatic carbocycles. The van der Waals surface area contributed by atoms with Crippen molar-refractivity contribution in [1.29, 1.82) is 0 Å². The van der Waals surface area contributed by atoms with E-state index >= 15 is 0 Å². The predicted octanol–water partition coefficient (Wildman–Crippen LogP) is 3.82. The van der Waals surface area contributed by atoms with Crippen LogP contribution in [0.25, 0.3) is 0 Å². The molecule has 20 heavy (non-hydrogen) atoms. The van der Waals surface area contributed by atoms with E-state index in [-0.39, 0.29) is 5.56 Å². The van der Waals surface area contributed by atoms with Gasteiger partial charge in [0.05, 0.1) is 12.7 Å². The molecule has 0 aliphatic rings. The first-order chi connectivity index (χ1) is 9.61. The minimum absolute atomic E-state index is 0.00704. The molecule has 0 unspecified atom stereocenters. The number of hydrogen-bond acceptors (Lipinski definition) is 3. The fourth-order valence-electron chi connectivity index (χ4n) is 1.77. The molecule has 0 saturated carbocycles. The maximum Gasteiger partial charge on any atom is 0.336 e. The van der Waals surface area contributed by atoms with Crippen molar-refractivity contribution in [3.63, 3.8) is 0 Å². The Morgan fingerprint density at radius 1 is 1.30 bits per heavy atom. The molecule has 0 aliphatic heterocycles. The lowest BCUT2D eigenvalue weighted by Crippen LogP contribution is -2.02. The highest BCUT2D eigenvalue weighted by Crippen LogP contribution is 2.32. The van der Waals surface area contributed by atoms with Gasteiger partial charge in [0.15, 0.2) is 0 Å². The van der Waals surface area contributed by atoms with E-state index < -0.39 is 11.8 Å². The molecule has 104 valence electrons. The Balaban J connectivity index is 2.21. The van der Waals surface area contributed by atoms with Crippen LogP contribution < -0.4 is 4.74 Å². The standard InChI is InChI=1S/C15H13FO3S/c1-19-13-4-2-3-5-14(13)20-9-10-6-7-11(16)8-12(10)15(17)18/h2-8H,9H2,1H3,(H,17,18). The van der Waals surface area contributed by atoms with E-state index in [0.717, 1.165) is 16.7 Å². The summed E-state index contributed by atoms with van der Waals surface area (Å²) in [7, 11) is 1.58. The first-order valence-corrected chi connectivity index (χ1v) is 6.88. The number of aromatic carboxylic acids is 1. The third-order valence-corrected chi connectivity index (χ3v) is 3.86. The van der Waals surface area contributed by atoms with Gasteiger partial charge >= 0.3 is 5.97 Å². The van der Waals surface area contributed by atoms with Crippen LogP contribution in [0.5, 0.6) is 5.75 Å². The molecule has 0 amide bonds. The Morgan fingerprint density at radius 2 is 2.05 bits per heavy atom. The molecule has 1 N–H and O–H groups in total. The van der Waals surface area contributed by atoms with E-state index in [4.69, 9.17) is 9.84 Å². The molecule has 2 aromatic rings. The van der Waals surface area contributed by atoms with Crippen LogP contribution in [0.1, 0.15) is 15.9 Å². The van der Waals surface area contributed by atoms with Crippen LogP contribution in [0.15, 0.2) is 47.4 Å². The van der Waals surface area contributed by atoms with Crippen molar-refractivity contribution in [2.75, 3.05) is 7.11 Å². The second-order valence-electron chi connectivity index (χ2n) is 4.05. The van der Waals surface area contributed by atoms with Crippen molar-refractivity contribution in [3.05, 3.63) is 59.4 Å². The van der Waals surface area contributed by atoms with E-state index in [2.05, 4.69) is 0 Å². The van der Waals surface area contributed by atoms with Crippen LogP contribution >= 0.6 is 11.8 Å². The molecule has 0 spiro atoms. The van der Waals surface area contributed by atoms with Crippen molar-refractivity contribution in [2.45, 2.75) is 10.6 Å². The highest BCUT2D eigenvalue weighted by molar-refractivity contribution is 7.98. The summed E-state index contributed by atoms with van der Waals surface area (Å²) >= 11 is 1.45. The Bertz CT molecular complexity index is 628.